The Labute approximate surface area is 129 Å². The third kappa shape index (κ3) is 6.23. The average Bonchev–Trinajstić information content (AvgIpc) is 2.67. The van der Waals surface area contributed by atoms with E-state index in [0.29, 0.717) is 19.3 Å². The minimum Gasteiger partial charge on any atom is -0.392 e. The van der Waals surface area contributed by atoms with Crippen LogP contribution in [0, 0.1) is 5.92 Å². The molecule has 4 heteroatoms. The second-order valence-corrected chi connectivity index (χ2v) is 7.10. The lowest BCUT2D eigenvalue weighted by Gasteiger charge is -2.28. The quantitative estimate of drug-likeness (QED) is 0.658. The van der Waals surface area contributed by atoms with Gasteiger partial charge in [-0.1, -0.05) is 39.0 Å². The number of rotatable bonds is 6. The SMILES string of the molecule is CC1CCCC(OCC(O)CNC2CCCCCC2O)C1. The fourth-order valence-electron chi connectivity index (χ4n) is 3.65. The maximum Gasteiger partial charge on any atom is 0.0897 e. The van der Waals surface area contributed by atoms with Crippen molar-refractivity contribution in [2.24, 2.45) is 5.92 Å². The molecule has 0 aromatic heterocycles. The first-order valence-electron chi connectivity index (χ1n) is 8.86. The van der Waals surface area contributed by atoms with Crippen LogP contribution >= 0.6 is 0 Å². The molecular weight excluding hydrogens is 266 g/mol. The molecule has 2 fully saturated rings. The molecule has 21 heavy (non-hydrogen) atoms. The van der Waals surface area contributed by atoms with Crippen molar-refractivity contribution >= 4 is 0 Å². The topological polar surface area (TPSA) is 61.7 Å². The van der Waals surface area contributed by atoms with Gasteiger partial charge in [0.05, 0.1) is 24.9 Å². The van der Waals surface area contributed by atoms with Crippen molar-refractivity contribution in [2.75, 3.05) is 13.2 Å². The number of hydrogen-bond donors (Lipinski definition) is 3. The van der Waals surface area contributed by atoms with Crippen LogP contribution in [-0.2, 0) is 4.74 Å². The molecule has 0 spiro atoms. The number of hydrogen-bond acceptors (Lipinski definition) is 4. The van der Waals surface area contributed by atoms with E-state index >= 15 is 0 Å². The van der Waals surface area contributed by atoms with E-state index in [1.165, 1.54) is 25.7 Å². The summed E-state index contributed by atoms with van der Waals surface area (Å²) in [7, 11) is 0. The Morgan fingerprint density at radius 1 is 1.10 bits per heavy atom. The van der Waals surface area contributed by atoms with Gasteiger partial charge >= 0.3 is 0 Å². The lowest BCUT2D eigenvalue weighted by Crippen LogP contribution is -2.44. The molecule has 0 bridgehead atoms. The molecule has 0 heterocycles. The normalized spacial score (nSPS) is 36.1. The predicted octanol–water partition coefficient (Wildman–Crippen LogP) is 2.23. The largest absolute Gasteiger partial charge is 0.392 e. The molecule has 2 aliphatic carbocycles. The van der Waals surface area contributed by atoms with Gasteiger partial charge in [-0.15, -0.1) is 0 Å². The Bertz CT molecular complexity index is 287. The number of nitrogens with one attached hydrogen (secondary N) is 1. The molecule has 5 unspecified atom stereocenters. The van der Waals surface area contributed by atoms with E-state index in [4.69, 9.17) is 4.74 Å². The van der Waals surface area contributed by atoms with Crippen LogP contribution in [0.5, 0.6) is 0 Å². The zero-order valence-electron chi connectivity index (χ0n) is 13.5. The summed E-state index contributed by atoms with van der Waals surface area (Å²) in [6, 6.07) is 0.136. The first-order chi connectivity index (χ1) is 10.1. The van der Waals surface area contributed by atoms with E-state index in [1.54, 1.807) is 0 Å². The van der Waals surface area contributed by atoms with Crippen LogP contribution in [0.4, 0.5) is 0 Å². The molecule has 124 valence electrons. The third-order valence-electron chi connectivity index (χ3n) is 5.01. The molecule has 3 N–H and O–H groups in total. The van der Waals surface area contributed by atoms with Gasteiger partial charge in [-0.2, -0.15) is 0 Å². The van der Waals surface area contributed by atoms with Gasteiger partial charge in [0.25, 0.3) is 0 Å². The smallest absolute Gasteiger partial charge is 0.0897 e. The van der Waals surface area contributed by atoms with Crippen molar-refractivity contribution in [3.8, 4) is 0 Å². The van der Waals surface area contributed by atoms with Gasteiger partial charge in [-0.25, -0.2) is 0 Å². The van der Waals surface area contributed by atoms with Crippen molar-refractivity contribution in [3.05, 3.63) is 0 Å². The summed E-state index contributed by atoms with van der Waals surface area (Å²) < 4.78 is 5.85. The van der Waals surface area contributed by atoms with E-state index in [2.05, 4.69) is 12.2 Å². The zero-order chi connectivity index (χ0) is 15.1. The fourth-order valence-corrected chi connectivity index (χ4v) is 3.65. The molecule has 2 rings (SSSR count). The Kier molecular flexibility index (Phi) is 7.44. The molecule has 2 saturated carbocycles. The molecule has 0 aromatic rings. The summed E-state index contributed by atoms with van der Waals surface area (Å²) in [5.41, 5.74) is 0. The van der Waals surface area contributed by atoms with Gasteiger partial charge in [0, 0.05) is 12.6 Å². The van der Waals surface area contributed by atoms with Gasteiger partial charge in [-0.3, -0.25) is 0 Å². The van der Waals surface area contributed by atoms with Crippen LogP contribution in [0.3, 0.4) is 0 Å². The minimum absolute atomic E-state index is 0.136. The van der Waals surface area contributed by atoms with Gasteiger partial charge in [0.1, 0.15) is 0 Å². The first kappa shape index (κ1) is 17.2. The Morgan fingerprint density at radius 3 is 2.71 bits per heavy atom. The summed E-state index contributed by atoms with van der Waals surface area (Å²) in [6.07, 6.45) is 9.78. The molecule has 0 aromatic carbocycles. The average molecular weight is 299 g/mol. The molecule has 0 aliphatic heterocycles. The molecule has 2 aliphatic rings. The first-order valence-corrected chi connectivity index (χ1v) is 8.86. The summed E-state index contributed by atoms with van der Waals surface area (Å²) in [6.45, 7) is 3.21. The highest BCUT2D eigenvalue weighted by atomic mass is 16.5. The van der Waals surface area contributed by atoms with E-state index in [1.807, 2.05) is 0 Å². The third-order valence-corrected chi connectivity index (χ3v) is 5.01. The van der Waals surface area contributed by atoms with Crippen LogP contribution in [0.2, 0.25) is 0 Å². The highest BCUT2D eigenvalue weighted by molar-refractivity contribution is 4.80. The second-order valence-electron chi connectivity index (χ2n) is 7.10. The second kappa shape index (κ2) is 9.09. The van der Waals surface area contributed by atoms with Crippen LogP contribution in [0.25, 0.3) is 0 Å². The minimum atomic E-state index is -0.474. The van der Waals surface area contributed by atoms with Crippen LogP contribution in [0.15, 0.2) is 0 Å². The van der Waals surface area contributed by atoms with E-state index in [-0.39, 0.29) is 12.1 Å². The maximum absolute atomic E-state index is 10.1. The lowest BCUT2D eigenvalue weighted by molar-refractivity contribution is -0.0324. The molecule has 5 atom stereocenters. The van der Waals surface area contributed by atoms with Gasteiger partial charge < -0.3 is 20.3 Å². The van der Waals surface area contributed by atoms with Crippen LogP contribution in [0.1, 0.15) is 64.7 Å². The Hall–Kier alpha value is -0.160. The summed E-state index contributed by atoms with van der Waals surface area (Å²) in [4.78, 5) is 0. The van der Waals surface area contributed by atoms with Gasteiger partial charge in [0.15, 0.2) is 0 Å². The monoisotopic (exact) mass is 299 g/mol. The summed E-state index contributed by atoms with van der Waals surface area (Å²) in [5.74, 6) is 0.750. The number of aliphatic hydroxyl groups excluding tert-OH is 2. The van der Waals surface area contributed by atoms with Crippen molar-refractivity contribution in [1.82, 2.24) is 5.32 Å². The predicted molar refractivity (Wildman–Crippen MR) is 84.3 cm³/mol. The fraction of sp³-hybridized carbons (Fsp3) is 1.00. The number of aliphatic hydroxyl groups is 2. The zero-order valence-corrected chi connectivity index (χ0v) is 13.5. The van der Waals surface area contributed by atoms with Gasteiger partial charge in [-0.05, 0) is 31.6 Å². The Morgan fingerprint density at radius 2 is 1.90 bits per heavy atom. The number of ether oxygens (including phenoxy) is 1. The highest BCUT2D eigenvalue weighted by Crippen LogP contribution is 2.25. The van der Waals surface area contributed by atoms with Crippen molar-refractivity contribution < 1.29 is 14.9 Å². The highest BCUT2D eigenvalue weighted by Gasteiger charge is 2.23. The van der Waals surface area contributed by atoms with Crippen molar-refractivity contribution in [2.45, 2.75) is 89.1 Å². The lowest BCUT2D eigenvalue weighted by atomic mass is 9.89. The van der Waals surface area contributed by atoms with E-state index in [9.17, 15) is 10.2 Å². The van der Waals surface area contributed by atoms with Crippen molar-refractivity contribution in [3.63, 3.8) is 0 Å². The van der Waals surface area contributed by atoms with Crippen LogP contribution < -0.4 is 5.32 Å². The van der Waals surface area contributed by atoms with Gasteiger partial charge in [0.2, 0.25) is 0 Å². The van der Waals surface area contributed by atoms with E-state index < -0.39 is 6.10 Å². The standard InChI is InChI=1S/C17H33NO3/c1-13-6-5-7-15(10-13)21-12-14(19)11-18-16-8-3-2-4-9-17(16)20/h13-20H,2-12H2,1H3. The van der Waals surface area contributed by atoms with Crippen molar-refractivity contribution in [1.29, 1.82) is 0 Å². The van der Waals surface area contributed by atoms with Crippen LogP contribution in [-0.4, -0.2) is 47.7 Å². The Balaban J connectivity index is 1.61. The molecule has 0 radical (unpaired) electrons. The van der Waals surface area contributed by atoms with E-state index in [0.717, 1.165) is 38.0 Å². The summed E-state index contributed by atoms with van der Waals surface area (Å²) >= 11 is 0. The molecular formula is C17H33NO3. The molecule has 4 nitrogen and oxygen atoms in total. The summed E-state index contributed by atoms with van der Waals surface area (Å²) in [5, 5.41) is 23.4. The maximum atomic E-state index is 10.1. The molecule has 0 saturated heterocycles. The molecule has 0 amide bonds.